The van der Waals surface area contributed by atoms with Crippen molar-refractivity contribution in [1.29, 1.82) is 0 Å². The van der Waals surface area contributed by atoms with E-state index in [0.29, 0.717) is 6.54 Å². The van der Waals surface area contributed by atoms with Crippen LogP contribution in [0.15, 0.2) is 30.9 Å². The molecule has 114 valence electrons. The summed E-state index contributed by atoms with van der Waals surface area (Å²) in [7, 11) is 2.58. The van der Waals surface area contributed by atoms with Gasteiger partial charge in [0.25, 0.3) is 0 Å². The molecule has 1 N–H and O–H groups in total. The highest BCUT2D eigenvalue weighted by Crippen LogP contribution is 2.19. The van der Waals surface area contributed by atoms with E-state index in [9.17, 15) is 14.0 Å². The number of ether oxygens (including phenoxy) is 2. The quantitative estimate of drug-likeness (QED) is 0.449. The molecule has 0 aliphatic rings. The van der Waals surface area contributed by atoms with Crippen molar-refractivity contribution in [2.24, 2.45) is 0 Å². The minimum Gasteiger partial charge on any atom is -0.494 e. The number of nitrogens with one attached hydrogen (secondary N) is 1. The van der Waals surface area contributed by atoms with Crippen LogP contribution in [0.1, 0.15) is 16.8 Å². The zero-order valence-electron chi connectivity index (χ0n) is 12.0. The van der Waals surface area contributed by atoms with E-state index in [1.54, 1.807) is 6.08 Å². The maximum absolute atomic E-state index is 13.6. The number of halogens is 1. The lowest BCUT2D eigenvalue weighted by Gasteiger charge is -2.16. The Balaban J connectivity index is 2.95. The van der Waals surface area contributed by atoms with Gasteiger partial charge in [0.05, 0.1) is 26.7 Å². The van der Waals surface area contributed by atoms with E-state index in [4.69, 9.17) is 4.74 Å². The van der Waals surface area contributed by atoms with Crippen LogP contribution in [0.25, 0.3) is 0 Å². The summed E-state index contributed by atoms with van der Waals surface area (Å²) in [5.41, 5.74) is 0.152. The maximum Gasteiger partial charge on any atom is 0.307 e. The van der Waals surface area contributed by atoms with Crippen LogP contribution in [0.3, 0.4) is 0 Å². The van der Waals surface area contributed by atoms with Crippen LogP contribution >= 0.6 is 0 Å². The fourth-order valence-corrected chi connectivity index (χ4v) is 1.75. The molecule has 0 bridgehead atoms. The molecule has 1 atom stereocenters. The fraction of sp³-hybridized carbons (Fsp3) is 0.333. The van der Waals surface area contributed by atoms with Crippen molar-refractivity contribution in [3.8, 4) is 5.75 Å². The molecule has 0 fully saturated rings. The highest BCUT2D eigenvalue weighted by Gasteiger charge is 2.23. The van der Waals surface area contributed by atoms with Crippen molar-refractivity contribution in [2.75, 3.05) is 20.8 Å². The van der Waals surface area contributed by atoms with E-state index >= 15 is 0 Å². The number of hydrogen-bond donors (Lipinski definition) is 1. The number of methoxy groups -OCH3 is 2. The van der Waals surface area contributed by atoms with Crippen molar-refractivity contribution in [1.82, 2.24) is 5.32 Å². The number of esters is 1. The molecule has 0 radical (unpaired) electrons. The molecule has 5 nitrogen and oxygen atoms in total. The van der Waals surface area contributed by atoms with Crippen molar-refractivity contribution >= 4 is 11.8 Å². The minimum absolute atomic E-state index is 0.0510. The predicted molar refractivity (Wildman–Crippen MR) is 75.9 cm³/mol. The first kappa shape index (κ1) is 16.8. The summed E-state index contributed by atoms with van der Waals surface area (Å²) in [6, 6.07) is 3.10. The average Bonchev–Trinajstić information content (AvgIpc) is 2.50. The van der Waals surface area contributed by atoms with E-state index in [-0.39, 0.29) is 17.7 Å². The Morgan fingerprint density at radius 2 is 2.14 bits per heavy atom. The summed E-state index contributed by atoms with van der Waals surface area (Å²) in [5, 5.41) is 2.86. The molecule has 1 unspecified atom stereocenters. The van der Waals surface area contributed by atoms with Crippen molar-refractivity contribution in [2.45, 2.75) is 12.5 Å². The number of carbonyl (C=O) groups excluding carboxylic acids is 2. The van der Waals surface area contributed by atoms with Crippen LogP contribution in [-0.2, 0) is 9.53 Å². The largest absolute Gasteiger partial charge is 0.494 e. The van der Waals surface area contributed by atoms with E-state index < -0.39 is 23.6 Å². The third-order valence-electron chi connectivity index (χ3n) is 2.86. The van der Waals surface area contributed by atoms with Crippen LogP contribution in [0, 0.1) is 5.82 Å². The van der Waals surface area contributed by atoms with E-state index in [1.165, 1.54) is 26.4 Å². The van der Waals surface area contributed by atoms with Crippen LogP contribution in [0.2, 0.25) is 0 Å². The number of hydrogen-bond acceptors (Lipinski definition) is 5. The summed E-state index contributed by atoms with van der Waals surface area (Å²) in [5.74, 6) is -1.51. The second-order valence-electron chi connectivity index (χ2n) is 4.24. The lowest BCUT2D eigenvalue weighted by atomic mass is 10.0. The molecule has 0 aliphatic heterocycles. The zero-order valence-corrected chi connectivity index (χ0v) is 12.0. The third kappa shape index (κ3) is 4.68. The Kier molecular flexibility index (Phi) is 6.55. The van der Waals surface area contributed by atoms with Crippen molar-refractivity contribution in [3.05, 3.63) is 42.2 Å². The normalized spacial score (nSPS) is 11.6. The van der Waals surface area contributed by atoms with Gasteiger partial charge in [-0.15, -0.1) is 6.58 Å². The Bertz CT molecular complexity index is 530. The molecular weight excluding hydrogens is 277 g/mol. The summed E-state index contributed by atoms with van der Waals surface area (Å²) >= 11 is 0. The number of ketones is 1. The summed E-state index contributed by atoms with van der Waals surface area (Å²) < 4.78 is 23.0. The first-order valence-electron chi connectivity index (χ1n) is 6.32. The van der Waals surface area contributed by atoms with Gasteiger partial charge >= 0.3 is 5.97 Å². The monoisotopic (exact) mass is 295 g/mol. The van der Waals surface area contributed by atoms with Gasteiger partial charge in [-0.1, -0.05) is 6.08 Å². The SMILES string of the molecule is C=CCNC(CC(=O)OC)C(=O)c1ccc(OC)c(F)c1. The molecule has 1 rings (SSSR count). The van der Waals surface area contributed by atoms with Gasteiger partial charge in [0.15, 0.2) is 17.3 Å². The molecule has 0 heterocycles. The minimum atomic E-state index is -0.803. The summed E-state index contributed by atoms with van der Waals surface area (Å²) in [4.78, 5) is 23.7. The third-order valence-corrected chi connectivity index (χ3v) is 2.86. The average molecular weight is 295 g/mol. The van der Waals surface area contributed by atoms with Gasteiger partial charge in [-0.2, -0.15) is 0 Å². The second-order valence-corrected chi connectivity index (χ2v) is 4.24. The summed E-state index contributed by atoms with van der Waals surface area (Å²) in [6.45, 7) is 3.87. The second kappa shape index (κ2) is 8.16. The topological polar surface area (TPSA) is 64.6 Å². The molecule has 0 saturated carbocycles. The van der Waals surface area contributed by atoms with E-state index in [2.05, 4.69) is 16.6 Å². The van der Waals surface area contributed by atoms with Crippen molar-refractivity contribution in [3.63, 3.8) is 0 Å². The number of benzene rings is 1. The first-order chi connectivity index (χ1) is 10.0. The van der Waals surface area contributed by atoms with E-state index in [0.717, 1.165) is 6.07 Å². The van der Waals surface area contributed by atoms with Crippen molar-refractivity contribution < 1.29 is 23.5 Å². The lowest BCUT2D eigenvalue weighted by molar-refractivity contribution is -0.140. The molecule has 6 heteroatoms. The van der Waals surface area contributed by atoms with Crippen LogP contribution < -0.4 is 10.1 Å². The summed E-state index contributed by atoms with van der Waals surface area (Å²) in [6.07, 6.45) is 1.42. The zero-order chi connectivity index (χ0) is 15.8. The molecule has 0 amide bonds. The van der Waals surface area contributed by atoms with E-state index in [1.807, 2.05) is 0 Å². The molecule has 0 spiro atoms. The molecule has 21 heavy (non-hydrogen) atoms. The number of carbonyl (C=O) groups is 2. The van der Waals surface area contributed by atoms with Gasteiger partial charge in [-0.05, 0) is 18.2 Å². The molecule has 0 aliphatic carbocycles. The highest BCUT2D eigenvalue weighted by atomic mass is 19.1. The molecular formula is C15H18FNO4. The molecule has 0 aromatic heterocycles. The Morgan fingerprint density at radius 1 is 1.43 bits per heavy atom. The standard InChI is InChI=1S/C15H18FNO4/c1-4-7-17-12(9-14(18)21-3)15(19)10-5-6-13(20-2)11(16)8-10/h4-6,8,12,17H,1,7,9H2,2-3H3. The van der Waals surface area contributed by atoms with Gasteiger partial charge in [0, 0.05) is 12.1 Å². The first-order valence-corrected chi connectivity index (χ1v) is 6.32. The van der Waals surface area contributed by atoms with Gasteiger partial charge in [-0.3, -0.25) is 9.59 Å². The smallest absolute Gasteiger partial charge is 0.307 e. The number of rotatable bonds is 8. The highest BCUT2D eigenvalue weighted by molar-refractivity contribution is 6.01. The van der Waals surface area contributed by atoms with Crippen LogP contribution in [0.5, 0.6) is 5.75 Å². The predicted octanol–water partition coefficient (Wildman–Crippen LogP) is 1.72. The van der Waals surface area contributed by atoms with Crippen LogP contribution in [-0.4, -0.2) is 38.6 Å². The number of Topliss-reactive ketones (excluding diaryl/α,β-unsaturated/α-hetero) is 1. The van der Waals surface area contributed by atoms with Crippen LogP contribution in [0.4, 0.5) is 4.39 Å². The fourth-order valence-electron chi connectivity index (χ4n) is 1.75. The molecule has 1 aromatic carbocycles. The Morgan fingerprint density at radius 3 is 2.67 bits per heavy atom. The van der Waals surface area contributed by atoms with Gasteiger partial charge in [-0.25, -0.2) is 4.39 Å². The maximum atomic E-state index is 13.6. The molecule has 1 aromatic rings. The Hall–Kier alpha value is -2.21. The van der Waals surface area contributed by atoms with Gasteiger partial charge < -0.3 is 14.8 Å². The molecule has 0 saturated heterocycles. The van der Waals surface area contributed by atoms with Gasteiger partial charge in [0.1, 0.15) is 0 Å². The Labute approximate surface area is 122 Å². The van der Waals surface area contributed by atoms with Gasteiger partial charge in [0.2, 0.25) is 0 Å². The lowest BCUT2D eigenvalue weighted by Crippen LogP contribution is -2.39.